The second-order valence-electron chi connectivity index (χ2n) is 6.69. The van der Waals surface area contributed by atoms with Crippen LogP contribution in [0.1, 0.15) is 26.3 Å². The van der Waals surface area contributed by atoms with Crippen molar-refractivity contribution in [1.29, 1.82) is 0 Å². The Kier molecular flexibility index (Phi) is 8.34. The van der Waals surface area contributed by atoms with Crippen molar-refractivity contribution in [1.82, 2.24) is 5.43 Å². The van der Waals surface area contributed by atoms with Crippen LogP contribution in [0.25, 0.3) is 0 Å². The summed E-state index contributed by atoms with van der Waals surface area (Å²) in [6, 6.07) is 13.9. The van der Waals surface area contributed by atoms with Crippen LogP contribution in [0, 0.1) is 0 Å². The Morgan fingerprint density at radius 1 is 0.794 bits per heavy atom. The average Bonchev–Trinajstić information content (AvgIpc) is 2.84. The summed E-state index contributed by atoms with van der Waals surface area (Å²) in [5.74, 6) is 0.00508. The second kappa shape index (κ2) is 11.4. The Bertz CT molecular complexity index is 1200. The molecule has 0 unspecified atom stereocenters. The van der Waals surface area contributed by atoms with Crippen molar-refractivity contribution in [2.45, 2.75) is 0 Å². The van der Waals surface area contributed by atoms with E-state index >= 15 is 0 Å². The van der Waals surface area contributed by atoms with E-state index < -0.39 is 11.9 Å². The first-order valence-corrected chi connectivity index (χ1v) is 10.5. The number of carbonyl (C=O) groups is 2. The molecule has 3 aromatic rings. The zero-order valence-electron chi connectivity index (χ0n) is 18.4. The number of hydrazone groups is 1. The minimum absolute atomic E-state index is 0.170. The van der Waals surface area contributed by atoms with Crippen LogP contribution >= 0.6 is 23.2 Å². The quantitative estimate of drug-likeness (QED) is 0.201. The fourth-order valence-electron chi connectivity index (χ4n) is 2.90. The minimum Gasteiger partial charge on any atom is -0.493 e. The number of nitrogens with one attached hydrogen (secondary N) is 1. The van der Waals surface area contributed by atoms with Crippen molar-refractivity contribution in [2.24, 2.45) is 5.10 Å². The molecule has 0 aliphatic rings. The smallest absolute Gasteiger partial charge is 0.343 e. The molecule has 0 radical (unpaired) electrons. The fraction of sp³-hybridized carbons (Fsp3) is 0.125. The van der Waals surface area contributed by atoms with Crippen molar-refractivity contribution in [2.75, 3.05) is 21.3 Å². The van der Waals surface area contributed by atoms with E-state index in [1.165, 1.54) is 51.8 Å². The standard InChI is InChI=1S/C24H20Cl2N2O6/c1-31-20-11-15(12-21(32-2)22(20)33-3)24(30)34-19-9-8-18(26)10-16(19)13-27-28-23(29)14-4-6-17(25)7-5-14/h4-13H,1-3H3,(H,28,29)/b27-13+. The molecule has 0 aromatic heterocycles. The monoisotopic (exact) mass is 502 g/mol. The van der Waals surface area contributed by atoms with Crippen LogP contribution in [0.15, 0.2) is 59.7 Å². The lowest BCUT2D eigenvalue weighted by molar-refractivity contribution is 0.0733. The zero-order valence-corrected chi connectivity index (χ0v) is 19.9. The SMILES string of the molecule is COc1cc(C(=O)Oc2ccc(Cl)cc2/C=N/NC(=O)c2ccc(Cl)cc2)cc(OC)c1OC. The van der Waals surface area contributed by atoms with Gasteiger partial charge in [-0.1, -0.05) is 23.2 Å². The van der Waals surface area contributed by atoms with Gasteiger partial charge in [0.1, 0.15) is 5.75 Å². The van der Waals surface area contributed by atoms with Crippen LogP contribution in [0.4, 0.5) is 0 Å². The summed E-state index contributed by atoms with van der Waals surface area (Å²) < 4.78 is 21.4. The highest BCUT2D eigenvalue weighted by Gasteiger charge is 2.19. The minimum atomic E-state index is -0.679. The highest BCUT2D eigenvalue weighted by Crippen LogP contribution is 2.38. The van der Waals surface area contributed by atoms with Crippen LogP contribution in [-0.4, -0.2) is 39.4 Å². The van der Waals surface area contributed by atoms with Gasteiger partial charge in [-0.2, -0.15) is 5.10 Å². The topological polar surface area (TPSA) is 95.5 Å². The van der Waals surface area contributed by atoms with Gasteiger partial charge in [-0.3, -0.25) is 4.79 Å². The number of nitrogens with zero attached hydrogens (tertiary/aromatic N) is 1. The number of ether oxygens (including phenoxy) is 4. The van der Waals surface area contributed by atoms with E-state index in [1.807, 2.05) is 0 Å². The molecule has 0 saturated heterocycles. The molecule has 1 N–H and O–H groups in total. The van der Waals surface area contributed by atoms with Crippen LogP contribution in [0.3, 0.4) is 0 Å². The molecule has 0 saturated carbocycles. The third-order valence-electron chi connectivity index (χ3n) is 4.55. The van der Waals surface area contributed by atoms with E-state index in [4.69, 9.17) is 42.1 Å². The molecule has 176 valence electrons. The highest BCUT2D eigenvalue weighted by molar-refractivity contribution is 6.31. The molecule has 3 rings (SSSR count). The Balaban J connectivity index is 1.81. The normalized spacial score (nSPS) is 10.6. The molecule has 0 heterocycles. The van der Waals surface area contributed by atoms with E-state index in [0.717, 1.165) is 0 Å². The Morgan fingerprint density at radius 2 is 1.41 bits per heavy atom. The van der Waals surface area contributed by atoms with Gasteiger partial charge in [0.05, 0.1) is 33.1 Å². The number of hydrogen-bond donors (Lipinski definition) is 1. The lowest BCUT2D eigenvalue weighted by Crippen LogP contribution is -2.17. The molecule has 3 aromatic carbocycles. The van der Waals surface area contributed by atoms with Crippen molar-refractivity contribution in [3.8, 4) is 23.0 Å². The largest absolute Gasteiger partial charge is 0.493 e. The van der Waals surface area contributed by atoms with Gasteiger partial charge in [0.15, 0.2) is 11.5 Å². The number of hydrogen-bond acceptors (Lipinski definition) is 7. The van der Waals surface area contributed by atoms with Crippen LogP contribution < -0.4 is 24.4 Å². The van der Waals surface area contributed by atoms with E-state index in [9.17, 15) is 9.59 Å². The molecule has 34 heavy (non-hydrogen) atoms. The van der Waals surface area contributed by atoms with E-state index in [-0.39, 0.29) is 11.3 Å². The Labute approximate surface area is 206 Å². The molecule has 0 bridgehead atoms. The van der Waals surface area contributed by atoms with E-state index in [1.54, 1.807) is 30.3 Å². The lowest BCUT2D eigenvalue weighted by atomic mass is 10.1. The van der Waals surface area contributed by atoms with Crippen molar-refractivity contribution >= 4 is 41.3 Å². The van der Waals surface area contributed by atoms with Crippen LogP contribution in [0.2, 0.25) is 10.0 Å². The van der Waals surface area contributed by atoms with Crippen molar-refractivity contribution in [3.05, 3.63) is 81.3 Å². The molecule has 0 atom stereocenters. The van der Waals surface area contributed by atoms with Gasteiger partial charge in [-0.05, 0) is 54.6 Å². The molecule has 0 spiro atoms. The summed E-state index contributed by atoms with van der Waals surface area (Å²) in [7, 11) is 4.35. The number of benzene rings is 3. The van der Waals surface area contributed by atoms with Crippen molar-refractivity contribution in [3.63, 3.8) is 0 Å². The lowest BCUT2D eigenvalue weighted by Gasteiger charge is -2.14. The predicted molar refractivity (Wildman–Crippen MR) is 129 cm³/mol. The first-order chi connectivity index (χ1) is 16.4. The summed E-state index contributed by atoms with van der Waals surface area (Å²) >= 11 is 11.9. The maximum atomic E-state index is 12.8. The summed E-state index contributed by atoms with van der Waals surface area (Å²) in [6.45, 7) is 0. The number of amides is 1. The van der Waals surface area contributed by atoms with E-state index in [2.05, 4.69) is 10.5 Å². The molecular weight excluding hydrogens is 483 g/mol. The van der Waals surface area contributed by atoms with Gasteiger partial charge in [-0.15, -0.1) is 0 Å². The number of carbonyl (C=O) groups excluding carboxylic acids is 2. The van der Waals surface area contributed by atoms with Crippen LogP contribution in [0.5, 0.6) is 23.0 Å². The van der Waals surface area contributed by atoms with Gasteiger partial charge in [0, 0.05) is 21.2 Å². The van der Waals surface area contributed by atoms with Crippen molar-refractivity contribution < 1.29 is 28.5 Å². The zero-order chi connectivity index (χ0) is 24.7. The van der Waals surface area contributed by atoms with Gasteiger partial charge in [-0.25, -0.2) is 10.2 Å². The number of halogens is 2. The Morgan fingerprint density at radius 3 is 2.00 bits per heavy atom. The van der Waals surface area contributed by atoms with E-state index in [0.29, 0.717) is 38.4 Å². The summed E-state index contributed by atoms with van der Waals surface area (Å²) in [5, 5.41) is 4.83. The summed E-state index contributed by atoms with van der Waals surface area (Å²) in [6.07, 6.45) is 1.32. The van der Waals surface area contributed by atoms with Gasteiger partial charge in [0.25, 0.3) is 5.91 Å². The molecule has 0 fully saturated rings. The van der Waals surface area contributed by atoms with Gasteiger partial charge < -0.3 is 18.9 Å². The fourth-order valence-corrected chi connectivity index (χ4v) is 3.20. The first-order valence-electron chi connectivity index (χ1n) is 9.77. The highest BCUT2D eigenvalue weighted by atomic mass is 35.5. The predicted octanol–water partition coefficient (Wildman–Crippen LogP) is 5.00. The number of esters is 1. The maximum absolute atomic E-state index is 12.8. The number of rotatable bonds is 8. The molecular formula is C24H20Cl2N2O6. The molecule has 0 aliphatic carbocycles. The van der Waals surface area contributed by atoms with Gasteiger partial charge in [0.2, 0.25) is 5.75 Å². The third-order valence-corrected chi connectivity index (χ3v) is 5.04. The molecule has 8 nitrogen and oxygen atoms in total. The molecule has 1 amide bonds. The summed E-state index contributed by atoms with van der Waals surface area (Å²) in [5.41, 5.74) is 3.31. The third kappa shape index (κ3) is 5.98. The summed E-state index contributed by atoms with van der Waals surface area (Å²) in [4.78, 5) is 25.1. The second-order valence-corrected chi connectivity index (χ2v) is 7.56. The molecule has 10 heteroatoms. The average molecular weight is 503 g/mol. The first kappa shape index (κ1) is 24.9. The Hall–Kier alpha value is -3.75. The molecule has 0 aliphatic heterocycles. The number of methoxy groups -OCH3 is 3. The van der Waals surface area contributed by atoms with Gasteiger partial charge >= 0.3 is 5.97 Å². The van der Waals surface area contributed by atoms with Crippen LogP contribution in [-0.2, 0) is 0 Å². The maximum Gasteiger partial charge on any atom is 0.343 e.